The molecular weight excluding hydrogens is 338 g/mol. The van der Waals surface area contributed by atoms with Gasteiger partial charge in [0.15, 0.2) is 0 Å². The highest BCUT2D eigenvalue weighted by Gasteiger charge is 2.21. The van der Waals surface area contributed by atoms with Gasteiger partial charge in [-0.3, -0.25) is 9.10 Å². The Bertz CT molecular complexity index is 855. The number of nitrogens with one attached hydrogen (secondary N) is 1. The van der Waals surface area contributed by atoms with Crippen LogP contribution in [0.2, 0.25) is 0 Å². The molecule has 0 atom stereocenters. The summed E-state index contributed by atoms with van der Waals surface area (Å²) in [6.45, 7) is 3.87. The van der Waals surface area contributed by atoms with E-state index in [-0.39, 0.29) is 5.91 Å². The smallest absolute Gasteiger partial charge is 0.303 e. The molecule has 1 amide bonds. The van der Waals surface area contributed by atoms with Gasteiger partial charge in [-0.05, 0) is 49.2 Å². The lowest BCUT2D eigenvalue weighted by Gasteiger charge is -2.23. The molecule has 2 rings (SSSR count). The van der Waals surface area contributed by atoms with Gasteiger partial charge in [-0.2, -0.15) is 12.7 Å². The van der Waals surface area contributed by atoms with Gasteiger partial charge in [0.1, 0.15) is 0 Å². The molecule has 0 spiro atoms. The molecule has 0 bridgehead atoms. The van der Waals surface area contributed by atoms with Crippen LogP contribution in [0.5, 0.6) is 0 Å². The molecule has 134 valence electrons. The average molecular weight is 361 g/mol. The number of carbonyl (C=O) groups is 1. The summed E-state index contributed by atoms with van der Waals surface area (Å²) in [5.41, 5.74) is 3.71. The summed E-state index contributed by atoms with van der Waals surface area (Å²) in [6.07, 6.45) is 0. The first-order chi connectivity index (χ1) is 11.6. The third-order valence-electron chi connectivity index (χ3n) is 4.02. The molecular formula is C18H23N3O3S. The number of nitrogens with zero attached hydrogens (tertiary/aromatic N) is 2. The maximum atomic E-state index is 12.5. The third-order valence-corrected chi connectivity index (χ3v) is 5.85. The van der Waals surface area contributed by atoms with Gasteiger partial charge in [-0.15, -0.1) is 0 Å². The summed E-state index contributed by atoms with van der Waals surface area (Å²) in [4.78, 5) is 12.5. The minimum atomic E-state index is -3.56. The lowest BCUT2D eigenvalue weighted by molar-refractivity contribution is 0.102. The van der Waals surface area contributed by atoms with E-state index in [1.807, 2.05) is 32.0 Å². The zero-order valence-electron chi connectivity index (χ0n) is 15.1. The van der Waals surface area contributed by atoms with E-state index in [2.05, 4.69) is 5.32 Å². The predicted molar refractivity (Wildman–Crippen MR) is 101 cm³/mol. The number of rotatable bonds is 5. The molecule has 0 heterocycles. The SMILES string of the molecule is Cc1cccc(C)c1NC(=O)c1ccc(N(C)S(=O)(=O)N(C)C)cc1. The van der Waals surface area contributed by atoms with Gasteiger partial charge in [0.05, 0.1) is 5.69 Å². The number of hydrogen-bond acceptors (Lipinski definition) is 3. The van der Waals surface area contributed by atoms with Gasteiger partial charge in [0, 0.05) is 32.4 Å². The molecule has 0 aromatic heterocycles. The van der Waals surface area contributed by atoms with Crippen molar-refractivity contribution in [3.63, 3.8) is 0 Å². The minimum absolute atomic E-state index is 0.234. The number of carbonyl (C=O) groups excluding carboxylic acids is 1. The van der Waals surface area contributed by atoms with Crippen LogP contribution in [-0.2, 0) is 10.2 Å². The van der Waals surface area contributed by atoms with Crippen molar-refractivity contribution in [1.82, 2.24) is 4.31 Å². The summed E-state index contributed by atoms with van der Waals surface area (Å²) in [7, 11) is 0.857. The summed E-state index contributed by atoms with van der Waals surface area (Å²) in [5, 5.41) is 2.91. The van der Waals surface area contributed by atoms with Gasteiger partial charge >= 0.3 is 10.2 Å². The zero-order chi connectivity index (χ0) is 18.8. The molecule has 7 heteroatoms. The molecule has 1 N–H and O–H groups in total. The van der Waals surface area contributed by atoms with Crippen molar-refractivity contribution in [1.29, 1.82) is 0 Å². The van der Waals surface area contributed by atoms with Crippen molar-refractivity contribution >= 4 is 27.5 Å². The minimum Gasteiger partial charge on any atom is -0.322 e. The van der Waals surface area contributed by atoms with E-state index in [1.54, 1.807) is 24.3 Å². The van der Waals surface area contributed by atoms with Gasteiger partial charge in [0.2, 0.25) is 0 Å². The molecule has 0 aliphatic rings. The summed E-state index contributed by atoms with van der Waals surface area (Å²) >= 11 is 0. The highest BCUT2D eigenvalue weighted by Crippen LogP contribution is 2.22. The van der Waals surface area contributed by atoms with Crippen LogP contribution in [0.1, 0.15) is 21.5 Å². The molecule has 0 unspecified atom stereocenters. The average Bonchev–Trinajstić information content (AvgIpc) is 2.57. The molecule has 25 heavy (non-hydrogen) atoms. The molecule has 0 aliphatic carbocycles. The second-order valence-corrected chi connectivity index (χ2v) is 8.20. The number of anilines is 2. The van der Waals surface area contributed by atoms with E-state index in [1.165, 1.54) is 25.4 Å². The molecule has 0 fully saturated rings. The number of hydrogen-bond donors (Lipinski definition) is 1. The van der Waals surface area contributed by atoms with E-state index in [4.69, 9.17) is 0 Å². The fourth-order valence-corrected chi connectivity index (χ4v) is 3.28. The lowest BCUT2D eigenvalue weighted by atomic mass is 10.1. The van der Waals surface area contributed by atoms with Crippen LogP contribution in [0.25, 0.3) is 0 Å². The monoisotopic (exact) mass is 361 g/mol. The maximum absolute atomic E-state index is 12.5. The fraction of sp³-hybridized carbons (Fsp3) is 0.278. The Morgan fingerprint density at radius 1 is 0.920 bits per heavy atom. The summed E-state index contributed by atoms with van der Waals surface area (Å²) in [5.74, 6) is -0.234. The number of amides is 1. The van der Waals surface area contributed by atoms with Crippen molar-refractivity contribution in [2.24, 2.45) is 0 Å². The van der Waals surface area contributed by atoms with Crippen LogP contribution >= 0.6 is 0 Å². The highest BCUT2D eigenvalue weighted by molar-refractivity contribution is 7.90. The fourth-order valence-electron chi connectivity index (χ4n) is 2.40. The summed E-state index contributed by atoms with van der Waals surface area (Å²) in [6, 6.07) is 12.3. The predicted octanol–water partition coefficient (Wildman–Crippen LogP) is 2.80. The maximum Gasteiger partial charge on any atom is 0.303 e. The first-order valence-electron chi connectivity index (χ1n) is 7.78. The zero-order valence-corrected chi connectivity index (χ0v) is 15.9. The Morgan fingerprint density at radius 3 is 1.92 bits per heavy atom. The molecule has 2 aromatic rings. The number of para-hydroxylation sites is 1. The molecule has 0 saturated heterocycles. The van der Waals surface area contributed by atoms with E-state index >= 15 is 0 Å². The van der Waals surface area contributed by atoms with Crippen LogP contribution < -0.4 is 9.62 Å². The van der Waals surface area contributed by atoms with Gasteiger partial charge in [-0.25, -0.2) is 0 Å². The molecule has 0 saturated carbocycles. The van der Waals surface area contributed by atoms with Crippen molar-refractivity contribution in [2.45, 2.75) is 13.8 Å². The standard InChI is InChI=1S/C18H23N3O3S/c1-13-7-6-8-14(2)17(13)19-18(22)15-9-11-16(12-10-15)21(5)25(23,24)20(3)4/h6-12H,1-5H3,(H,19,22). The van der Waals surface area contributed by atoms with Crippen molar-refractivity contribution in [3.8, 4) is 0 Å². The van der Waals surface area contributed by atoms with Crippen LogP contribution in [-0.4, -0.2) is 39.8 Å². The quantitative estimate of drug-likeness (QED) is 0.890. The first-order valence-corrected chi connectivity index (χ1v) is 9.18. The van der Waals surface area contributed by atoms with Gasteiger partial charge in [0.25, 0.3) is 5.91 Å². The van der Waals surface area contributed by atoms with Gasteiger partial charge in [-0.1, -0.05) is 18.2 Å². The Balaban J connectivity index is 2.21. The molecule has 0 aliphatic heterocycles. The summed E-state index contributed by atoms with van der Waals surface area (Å²) < 4.78 is 26.6. The topological polar surface area (TPSA) is 69.7 Å². The second kappa shape index (κ2) is 7.25. The van der Waals surface area contributed by atoms with Crippen molar-refractivity contribution in [3.05, 3.63) is 59.2 Å². The third kappa shape index (κ3) is 4.00. The lowest BCUT2D eigenvalue weighted by Crippen LogP contribution is -2.37. The van der Waals surface area contributed by atoms with Crippen LogP contribution in [0, 0.1) is 13.8 Å². The van der Waals surface area contributed by atoms with Crippen molar-refractivity contribution in [2.75, 3.05) is 30.8 Å². The highest BCUT2D eigenvalue weighted by atomic mass is 32.2. The largest absolute Gasteiger partial charge is 0.322 e. The normalized spacial score (nSPS) is 11.4. The number of aryl methyl sites for hydroxylation is 2. The Morgan fingerprint density at radius 2 is 1.44 bits per heavy atom. The van der Waals surface area contributed by atoms with Crippen LogP contribution in [0.3, 0.4) is 0 Å². The van der Waals surface area contributed by atoms with Crippen LogP contribution in [0.4, 0.5) is 11.4 Å². The first kappa shape index (κ1) is 19.0. The van der Waals surface area contributed by atoms with Crippen LogP contribution in [0.15, 0.2) is 42.5 Å². The Labute approximate surface area is 149 Å². The Hall–Kier alpha value is -2.38. The van der Waals surface area contributed by atoms with E-state index in [9.17, 15) is 13.2 Å². The Kier molecular flexibility index (Phi) is 5.49. The van der Waals surface area contributed by atoms with E-state index in [0.717, 1.165) is 21.1 Å². The number of benzene rings is 2. The van der Waals surface area contributed by atoms with Crippen molar-refractivity contribution < 1.29 is 13.2 Å². The molecule has 2 aromatic carbocycles. The van der Waals surface area contributed by atoms with E-state index in [0.29, 0.717) is 11.3 Å². The van der Waals surface area contributed by atoms with Gasteiger partial charge < -0.3 is 5.32 Å². The van der Waals surface area contributed by atoms with E-state index < -0.39 is 10.2 Å². The second-order valence-electron chi connectivity index (χ2n) is 6.03. The molecule has 0 radical (unpaired) electrons. The molecule has 6 nitrogen and oxygen atoms in total.